The molecule has 0 spiro atoms. The third kappa shape index (κ3) is 7.51. The number of quaternary nitrogens is 1. The number of sulfonamides is 1. The van der Waals surface area contributed by atoms with Gasteiger partial charge >= 0.3 is 82.5 Å². The van der Waals surface area contributed by atoms with Gasteiger partial charge in [0.25, 0.3) is 10.0 Å². The number of aliphatic carboxylic acids is 1. The molecule has 0 aliphatic rings. The van der Waals surface area contributed by atoms with Crippen LogP contribution in [0.1, 0.15) is 12.8 Å². The summed E-state index contributed by atoms with van der Waals surface area (Å²) in [5.41, 5.74) is 0. The van der Waals surface area contributed by atoms with Gasteiger partial charge in [-0.05, 0) is 0 Å². The maximum Gasteiger partial charge on any atom is 0.460 e. The molecule has 0 aromatic heterocycles. The molecule has 0 rings (SSSR count). The smallest absolute Gasteiger partial charge is 0.460 e. The second-order valence-electron chi connectivity index (χ2n) is 11.6. The Kier molecular flexibility index (Phi) is 13.4. The van der Waals surface area contributed by atoms with Gasteiger partial charge in [0.05, 0.1) is 33.6 Å². The number of carboxylic acids is 1. The fourth-order valence-corrected chi connectivity index (χ4v) is 4.68. The Morgan fingerprint density at radius 1 is 0.473 bits per heavy atom. The number of nitrogens with zero attached hydrogens (tertiary/aromatic N) is 1. The molecule has 0 saturated carbocycles. The number of hydrogen-bond acceptors (Lipinski definition) is 3. The number of halogens is 27. The molecule has 34 heteroatoms. The lowest BCUT2D eigenvalue weighted by molar-refractivity contribution is -0.889. The van der Waals surface area contributed by atoms with E-state index in [-0.39, 0.29) is 11.3 Å². The van der Waals surface area contributed by atoms with Gasteiger partial charge in [-0.15, -0.1) is 0 Å². The van der Waals surface area contributed by atoms with E-state index in [1.165, 1.54) is 0 Å². The predicted molar refractivity (Wildman–Crippen MR) is 121 cm³/mol. The maximum atomic E-state index is 14.2. The fraction of sp³-hybridized carbons (Fsp3) is 0.952. The largest absolute Gasteiger partial charge is 0.481 e. The minimum absolute atomic E-state index is 0.286. The summed E-state index contributed by atoms with van der Waals surface area (Å²) in [6.45, 7) is -2.59. The Hall–Kier alpha value is -2.55. The SMILES string of the molecule is C[N+](C)(CCCNS(=O)(=O)C(F)(F)C(F)(F)C(F)(F)C(F)(F)C(F)(F)C(F)(F)C(F)(F)C(F)(F)C(F)(F)C(F)(F)C(F)(F)C(F)(F)C(F)(F)F)CCC(=O)O. The lowest BCUT2D eigenvalue weighted by Gasteiger charge is -2.46. The highest BCUT2D eigenvalue weighted by molar-refractivity contribution is 7.90. The number of nitrogens with one attached hydrogen (secondary N) is 1. The van der Waals surface area contributed by atoms with Gasteiger partial charge in [-0.3, -0.25) is 4.79 Å². The van der Waals surface area contributed by atoms with Crippen molar-refractivity contribution in [2.24, 2.45) is 0 Å². The first-order chi connectivity index (χ1) is 23.4. The highest BCUT2D eigenvalue weighted by Crippen LogP contribution is 2.68. The van der Waals surface area contributed by atoms with E-state index >= 15 is 0 Å². The van der Waals surface area contributed by atoms with E-state index in [1.54, 1.807) is 0 Å². The Morgan fingerprint density at radius 3 is 0.982 bits per heavy atom. The Morgan fingerprint density at radius 2 is 0.727 bits per heavy atom. The van der Waals surface area contributed by atoms with Crippen LogP contribution in [0.15, 0.2) is 0 Å². The van der Waals surface area contributed by atoms with Crippen molar-refractivity contribution in [1.29, 1.82) is 0 Å². The van der Waals surface area contributed by atoms with Crippen molar-refractivity contribution < 1.29 is 141 Å². The number of carboxylic acid groups (broad SMARTS) is 1. The van der Waals surface area contributed by atoms with Crippen LogP contribution in [0.2, 0.25) is 0 Å². The summed E-state index contributed by atoms with van der Waals surface area (Å²) in [5, 5.41) is 0.530. The molecule has 0 aromatic carbocycles. The highest BCUT2D eigenvalue weighted by Gasteiger charge is 3.00. The van der Waals surface area contributed by atoms with Crippen LogP contribution < -0.4 is 4.72 Å². The van der Waals surface area contributed by atoms with Crippen LogP contribution in [-0.4, -0.2) is 134 Å². The summed E-state index contributed by atoms with van der Waals surface area (Å²) in [7, 11) is -5.49. The van der Waals surface area contributed by atoms with Gasteiger partial charge in [0.15, 0.2) is 0 Å². The minimum atomic E-state index is -9.93. The monoisotopic (exact) mass is 907 g/mol. The number of rotatable bonds is 20. The van der Waals surface area contributed by atoms with E-state index < -0.39 is 123 Å². The van der Waals surface area contributed by atoms with E-state index in [1.807, 2.05) is 0 Å². The first kappa shape index (κ1) is 52.5. The normalized spacial score (nSPS) is 16.5. The molecular formula is C21H18F27N2O4S+. The van der Waals surface area contributed by atoms with Crippen LogP contribution in [-0.2, 0) is 14.8 Å². The predicted octanol–water partition coefficient (Wildman–Crippen LogP) is 7.99. The van der Waals surface area contributed by atoms with Crippen molar-refractivity contribution in [2.75, 3.05) is 33.7 Å². The number of carbonyl (C=O) groups is 1. The Balaban J connectivity index is 7.12. The van der Waals surface area contributed by atoms with Crippen molar-refractivity contribution in [1.82, 2.24) is 4.72 Å². The van der Waals surface area contributed by atoms with Gasteiger partial charge in [-0.25, -0.2) is 13.1 Å². The summed E-state index contributed by atoms with van der Waals surface area (Å²) in [6, 6.07) is 0. The molecule has 0 radical (unpaired) electrons. The first-order valence-corrected chi connectivity index (χ1v) is 14.5. The quantitative estimate of drug-likeness (QED) is 0.0738. The van der Waals surface area contributed by atoms with Crippen LogP contribution >= 0.6 is 0 Å². The zero-order valence-electron chi connectivity index (χ0n) is 25.8. The average molecular weight is 907 g/mol. The lowest BCUT2D eigenvalue weighted by Crippen LogP contribution is -2.79. The standard InChI is InChI=1S/C21H17F27N2O4S/c1-50(2,7-4-8(51)52)6-3-5-49-55(53,54)21(47,48)19(42,43)17(38,39)15(34,35)13(30,31)11(26,27)9(22,23)10(24,25)12(28,29)14(32,33)16(36,37)18(40,41)20(44,45)46/h49H,3-7H2,1-2H3/p+1. The molecule has 0 saturated heterocycles. The molecule has 0 amide bonds. The molecule has 0 atom stereocenters. The van der Waals surface area contributed by atoms with Crippen LogP contribution in [0.5, 0.6) is 0 Å². The summed E-state index contributed by atoms with van der Waals surface area (Å²) < 4.78 is 390. The summed E-state index contributed by atoms with van der Waals surface area (Å²) >= 11 is 0. The number of alkyl halides is 27. The van der Waals surface area contributed by atoms with Crippen molar-refractivity contribution in [3.05, 3.63) is 0 Å². The second kappa shape index (κ2) is 14.1. The van der Waals surface area contributed by atoms with Crippen LogP contribution in [0.4, 0.5) is 119 Å². The van der Waals surface area contributed by atoms with Gasteiger partial charge in [-0.1, -0.05) is 0 Å². The van der Waals surface area contributed by atoms with Crippen molar-refractivity contribution in [3.63, 3.8) is 0 Å². The molecule has 2 N–H and O–H groups in total. The third-order valence-electron chi connectivity index (χ3n) is 7.17. The molecule has 0 unspecified atom stereocenters. The van der Waals surface area contributed by atoms with E-state index in [0.717, 1.165) is 14.1 Å². The van der Waals surface area contributed by atoms with E-state index in [2.05, 4.69) is 0 Å². The lowest BCUT2D eigenvalue weighted by atomic mass is 9.84. The molecule has 330 valence electrons. The molecule has 55 heavy (non-hydrogen) atoms. The summed E-state index contributed by atoms with van der Waals surface area (Å²) in [4.78, 5) is 10.6. The molecule has 0 aliphatic heterocycles. The van der Waals surface area contributed by atoms with Crippen LogP contribution in [0, 0.1) is 0 Å². The average Bonchev–Trinajstić information content (AvgIpc) is 2.96. The van der Waals surface area contributed by atoms with E-state index in [0.29, 0.717) is 0 Å². The highest BCUT2D eigenvalue weighted by atomic mass is 32.2. The van der Waals surface area contributed by atoms with Gasteiger partial charge in [0.1, 0.15) is 0 Å². The van der Waals surface area contributed by atoms with Crippen LogP contribution in [0.3, 0.4) is 0 Å². The second-order valence-corrected chi connectivity index (χ2v) is 13.4. The molecule has 0 aromatic rings. The minimum Gasteiger partial charge on any atom is -0.481 e. The van der Waals surface area contributed by atoms with Crippen molar-refractivity contribution >= 4 is 16.0 Å². The molecule has 0 fully saturated rings. The van der Waals surface area contributed by atoms with Crippen molar-refractivity contribution in [3.8, 4) is 0 Å². The Bertz CT molecular complexity index is 1500. The molecule has 0 aliphatic carbocycles. The molecular weight excluding hydrogens is 889 g/mol. The van der Waals surface area contributed by atoms with Crippen molar-refractivity contribution in [2.45, 2.75) is 89.4 Å². The topological polar surface area (TPSA) is 83.5 Å². The third-order valence-corrected chi connectivity index (χ3v) is 8.68. The van der Waals surface area contributed by atoms with Crippen LogP contribution in [0.25, 0.3) is 0 Å². The van der Waals surface area contributed by atoms with E-state index in [9.17, 15) is 132 Å². The summed E-state index contributed by atoms with van der Waals surface area (Å²) in [6.07, 6.45) is -9.86. The molecule has 0 heterocycles. The number of hydrogen-bond donors (Lipinski definition) is 2. The maximum absolute atomic E-state index is 14.2. The Labute approximate surface area is 286 Å². The van der Waals surface area contributed by atoms with Gasteiger partial charge < -0.3 is 9.59 Å². The van der Waals surface area contributed by atoms with Gasteiger partial charge in [0, 0.05) is 13.0 Å². The summed E-state index contributed by atoms with van der Waals surface area (Å²) in [5.74, 6) is -106. The fourth-order valence-electron chi connectivity index (χ4n) is 3.62. The molecule has 6 nitrogen and oxygen atoms in total. The van der Waals surface area contributed by atoms with E-state index in [4.69, 9.17) is 5.11 Å². The molecule has 0 bridgehead atoms. The van der Waals surface area contributed by atoms with Gasteiger partial charge in [0.2, 0.25) is 0 Å². The first-order valence-electron chi connectivity index (χ1n) is 13.0. The van der Waals surface area contributed by atoms with Gasteiger partial charge in [-0.2, -0.15) is 119 Å². The zero-order valence-corrected chi connectivity index (χ0v) is 26.6. The zero-order chi connectivity index (χ0) is 45.3.